The molecule has 18 heavy (non-hydrogen) atoms. The molecule has 2 fully saturated rings. The summed E-state index contributed by atoms with van der Waals surface area (Å²) in [4.78, 5) is 0. The third-order valence-corrected chi connectivity index (χ3v) is 6.16. The summed E-state index contributed by atoms with van der Waals surface area (Å²) >= 11 is 0. The summed E-state index contributed by atoms with van der Waals surface area (Å²) in [5, 5.41) is 0. The van der Waals surface area contributed by atoms with E-state index in [1.54, 1.807) is 0 Å². The SMILES string of the molecule is CC[C@]1(C)CC[C@H](N)CC2CCCCCC(C)[C@H]21. The van der Waals surface area contributed by atoms with Gasteiger partial charge in [-0.1, -0.05) is 59.3 Å². The smallest absolute Gasteiger partial charge is 0.00417 e. The molecule has 2 rings (SSSR count). The lowest BCUT2D eigenvalue weighted by molar-refractivity contribution is 0.0464. The molecule has 0 heterocycles. The zero-order valence-electron chi connectivity index (χ0n) is 12.8. The Morgan fingerprint density at radius 1 is 1.11 bits per heavy atom. The molecule has 0 amide bonds. The first-order valence-corrected chi connectivity index (χ1v) is 8.32. The van der Waals surface area contributed by atoms with E-state index in [0.717, 1.165) is 17.8 Å². The number of hydrogen-bond acceptors (Lipinski definition) is 1. The molecule has 0 radical (unpaired) electrons. The van der Waals surface area contributed by atoms with Crippen LogP contribution in [0.2, 0.25) is 0 Å². The molecular formula is C17H33N. The average Bonchev–Trinajstić information content (AvgIpc) is 2.44. The highest BCUT2D eigenvalue weighted by Crippen LogP contribution is 2.51. The fourth-order valence-corrected chi connectivity index (χ4v) is 4.99. The predicted molar refractivity (Wildman–Crippen MR) is 79.5 cm³/mol. The van der Waals surface area contributed by atoms with Gasteiger partial charge < -0.3 is 5.73 Å². The standard InChI is InChI=1S/C17H33N/c1-4-17(3)11-10-15(18)12-14-9-7-5-6-8-13(2)16(14)17/h13-16H,4-12,18H2,1-3H3/t13?,14?,15-,16+,17+/m0/s1. The van der Waals surface area contributed by atoms with Crippen LogP contribution in [0.15, 0.2) is 0 Å². The van der Waals surface area contributed by atoms with Crippen LogP contribution in [-0.4, -0.2) is 6.04 Å². The number of nitrogens with two attached hydrogens (primary N) is 1. The van der Waals surface area contributed by atoms with Crippen molar-refractivity contribution in [3.05, 3.63) is 0 Å². The van der Waals surface area contributed by atoms with Crippen molar-refractivity contribution >= 4 is 0 Å². The second kappa shape index (κ2) is 5.94. The molecule has 1 nitrogen and oxygen atoms in total. The predicted octanol–water partition coefficient (Wildman–Crippen LogP) is 4.75. The molecule has 106 valence electrons. The van der Waals surface area contributed by atoms with Crippen molar-refractivity contribution in [1.82, 2.24) is 0 Å². The van der Waals surface area contributed by atoms with Crippen LogP contribution in [0.3, 0.4) is 0 Å². The van der Waals surface area contributed by atoms with Gasteiger partial charge in [0, 0.05) is 6.04 Å². The molecule has 1 heteroatoms. The third-order valence-electron chi connectivity index (χ3n) is 6.16. The van der Waals surface area contributed by atoms with Crippen molar-refractivity contribution in [2.75, 3.05) is 0 Å². The molecule has 2 saturated carbocycles. The molecule has 5 atom stereocenters. The van der Waals surface area contributed by atoms with Crippen molar-refractivity contribution in [1.29, 1.82) is 0 Å². The average molecular weight is 251 g/mol. The van der Waals surface area contributed by atoms with Gasteiger partial charge in [0.05, 0.1) is 0 Å². The summed E-state index contributed by atoms with van der Waals surface area (Å²) in [6.07, 6.45) is 12.5. The first kappa shape index (κ1) is 14.4. The first-order chi connectivity index (χ1) is 8.57. The Kier molecular flexibility index (Phi) is 4.75. The summed E-state index contributed by atoms with van der Waals surface area (Å²) in [5.74, 6) is 2.74. The van der Waals surface area contributed by atoms with Crippen molar-refractivity contribution in [2.24, 2.45) is 28.9 Å². The zero-order valence-corrected chi connectivity index (χ0v) is 12.8. The lowest BCUT2D eigenvalue weighted by Gasteiger charge is -2.45. The van der Waals surface area contributed by atoms with Crippen LogP contribution < -0.4 is 5.73 Å². The van der Waals surface area contributed by atoms with Crippen LogP contribution in [0.5, 0.6) is 0 Å². The highest BCUT2D eigenvalue weighted by Gasteiger charge is 2.43. The summed E-state index contributed by atoms with van der Waals surface area (Å²) in [5.41, 5.74) is 6.90. The van der Waals surface area contributed by atoms with E-state index in [1.165, 1.54) is 57.8 Å². The highest BCUT2D eigenvalue weighted by atomic mass is 14.7. The summed E-state index contributed by atoms with van der Waals surface area (Å²) in [6.45, 7) is 7.48. The topological polar surface area (TPSA) is 26.0 Å². The van der Waals surface area contributed by atoms with Crippen LogP contribution in [0.1, 0.15) is 78.6 Å². The van der Waals surface area contributed by atoms with Crippen molar-refractivity contribution in [2.45, 2.75) is 84.6 Å². The lowest BCUT2D eigenvalue weighted by Crippen LogP contribution is -2.37. The van der Waals surface area contributed by atoms with E-state index in [-0.39, 0.29) is 0 Å². The fraction of sp³-hybridized carbons (Fsp3) is 1.00. The molecule has 2 aliphatic carbocycles. The molecule has 0 bridgehead atoms. The molecule has 0 saturated heterocycles. The van der Waals surface area contributed by atoms with Gasteiger partial charge in [-0.05, 0) is 42.4 Å². The molecule has 0 aromatic heterocycles. The minimum Gasteiger partial charge on any atom is -0.328 e. The summed E-state index contributed by atoms with van der Waals surface area (Å²) in [7, 11) is 0. The van der Waals surface area contributed by atoms with Crippen LogP contribution in [0.25, 0.3) is 0 Å². The maximum atomic E-state index is 6.35. The van der Waals surface area contributed by atoms with E-state index >= 15 is 0 Å². The van der Waals surface area contributed by atoms with Crippen molar-refractivity contribution in [3.8, 4) is 0 Å². The number of hydrogen-bond donors (Lipinski definition) is 1. The Morgan fingerprint density at radius 2 is 1.83 bits per heavy atom. The van der Waals surface area contributed by atoms with Gasteiger partial charge in [0.2, 0.25) is 0 Å². The maximum absolute atomic E-state index is 6.35. The molecule has 0 aromatic rings. The second-order valence-electron chi connectivity index (χ2n) is 7.44. The molecule has 2 unspecified atom stereocenters. The molecule has 0 spiro atoms. The van der Waals surface area contributed by atoms with Gasteiger partial charge in [0.1, 0.15) is 0 Å². The van der Waals surface area contributed by atoms with Crippen LogP contribution in [0, 0.1) is 23.2 Å². The minimum atomic E-state index is 0.470. The van der Waals surface area contributed by atoms with Crippen molar-refractivity contribution < 1.29 is 0 Å². The van der Waals surface area contributed by atoms with E-state index in [1.807, 2.05) is 0 Å². The Hall–Kier alpha value is -0.0400. The van der Waals surface area contributed by atoms with Gasteiger partial charge in [-0.2, -0.15) is 0 Å². The van der Waals surface area contributed by atoms with Gasteiger partial charge in [-0.25, -0.2) is 0 Å². The van der Waals surface area contributed by atoms with E-state index in [4.69, 9.17) is 5.73 Å². The molecule has 0 aromatic carbocycles. The van der Waals surface area contributed by atoms with Gasteiger partial charge >= 0.3 is 0 Å². The normalized spacial score (nSPS) is 46.7. The largest absolute Gasteiger partial charge is 0.328 e. The second-order valence-corrected chi connectivity index (χ2v) is 7.44. The summed E-state index contributed by atoms with van der Waals surface area (Å²) in [6, 6.07) is 0.470. The van der Waals surface area contributed by atoms with Gasteiger partial charge in [0.15, 0.2) is 0 Å². The molecule has 0 aliphatic heterocycles. The van der Waals surface area contributed by atoms with Gasteiger partial charge in [-0.3, -0.25) is 0 Å². The van der Waals surface area contributed by atoms with E-state index in [2.05, 4.69) is 20.8 Å². The van der Waals surface area contributed by atoms with Crippen molar-refractivity contribution in [3.63, 3.8) is 0 Å². The lowest BCUT2D eigenvalue weighted by atomic mass is 9.60. The summed E-state index contributed by atoms with van der Waals surface area (Å²) < 4.78 is 0. The van der Waals surface area contributed by atoms with Crippen LogP contribution >= 0.6 is 0 Å². The Labute approximate surface area is 114 Å². The minimum absolute atomic E-state index is 0.470. The van der Waals surface area contributed by atoms with E-state index in [9.17, 15) is 0 Å². The molecule has 2 aliphatic rings. The Balaban J connectivity index is 2.26. The fourth-order valence-electron chi connectivity index (χ4n) is 4.99. The van der Waals surface area contributed by atoms with E-state index in [0.29, 0.717) is 11.5 Å². The molecular weight excluding hydrogens is 218 g/mol. The number of rotatable bonds is 1. The maximum Gasteiger partial charge on any atom is 0.00417 e. The molecule has 2 N–H and O–H groups in total. The first-order valence-electron chi connectivity index (χ1n) is 8.32. The zero-order chi connectivity index (χ0) is 13.2. The van der Waals surface area contributed by atoms with Gasteiger partial charge in [-0.15, -0.1) is 0 Å². The monoisotopic (exact) mass is 251 g/mol. The number of fused-ring (bicyclic) bond motifs is 1. The highest BCUT2D eigenvalue weighted by molar-refractivity contribution is 4.94. The Bertz CT molecular complexity index is 262. The quantitative estimate of drug-likeness (QED) is 0.715. The third kappa shape index (κ3) is 2.92. The van der Waals surface area contributed by atoms with Crippen LogP contribution in [-0.2, 0) is 0 Å². The Morgan fingerprint density at radius 3 is 2.56 bits per heavy atom. The van der Waals surface area contributed by atoms with E-state index < -0.39 is 0 Å². The van der Waals surface area contributed by atoms with Crippen LogP contribution in [0.4, 0.5) is 0 Å². The van der Waals surface area contributed by atoms with Gasteiger partial charge in [0.25, 0.3) is 0 Å².